The highest BCUT2D eigenvalue weighted by molar-refractivity contribution is 4.91. The molecule has 0 fully saturated rings. The topological polar surface area (TPSA) is 43.8 Å². The van der Waals surface area contributed by atoms with Gasteiger partial charge in [-0.2, -0.15) is 0 Å². The van der Waals surface area contributed by atoms with Crippen LogP contribution in [-0.4, -0.2) is 21.8 Å². The summed E-state index contributed by atoms with van der Waals surface area (Å²) in [6.07, 6.45) is 3.41. The molecule has 68 valence electrons. The molecule has 0 spiro atoms. The molecule has 1 atom stereocenters. The first-order valence-electron chi connectivity index (χ1n) is 3.92. The van der Waals surface area contributed by atoms with E-state index in [1.54, 1.807) is 17.0 Å². The Labute approximate surface area is 71.4 Å². The highest BCUT2D eigenvalue weighted by Gasteiger charge is 2.21. The molecule has 0 saturated heterocycles. The van der Waals surface area contributed by atoms with Crippen LogP contribution in [-0.2, 0) is 6.54 Å². The standard InChI is InChI=1S/C8H14FN3/c1-7-11-3-4-12(7)6-8(2,9)5-10/h3-4H,5-6,10H2,1-2H3. The lowest BCUT2D eigenvalue weighted by atomic mass is 10.1. The molecule has 1 aromatic rings. The molecule has 0 aliphatic rings. The van der Waals surface area contributed by atoms with Crippen LogP contribution in [0.5, 0.6) is 0 Å². The Balaban J connectivity index is 2.70. The maximum absolute atomic E-state index is 13.4. The first-order chi connectivity index (χ1) is 5.55. The summed E-state index contributed by atoms with van der Waals surface area (Å²) < 4.78 is 15.1. The Hall–Kier alpha value is -0.900. The molecule has 2 N–H and O–H groups in total. The summed E-state index contributed by atoms with van der Waals surface area (Å²) in [4.78, 5) is 3.99. The van der Waals surface area contributed by atoms with Crippen molar-refractivity contribution in [2.24, 2.45) is 5.73 Å². The van der Waals surface area contributed by atoms with Crippen LogP contribution in [0.15, 0.2) is 12.4 Å². The van der Waals surface area contributed by atoms with E-state index < -0.39 is 5.67 Å². The van der Waals surface area contributed by atoms with E-state index in [0.717, 1.165) is 5.82 Å². The van der Waals surface area contributed by atoms with Crippen molar-refractivity contribution in [3.8, 4) is 0 Å². The molecule has 0 saturated carbocycles. The maximum atomic E-state index is 13.4. The van der Waals surface area contributed by atoms with Gasteiger partial charge in [0.05, 0.1) is 6.54 Å². The van der Waals surface area contributed by atoms with Gasteiger partial charge in [-0.1, -0.05) is 0 Å². The smallest absolute Gasteiger partial charge is 0.138 e. The van der Waals surface area contributed by atoms with Crippen LogP contribution >= 0.6 is 0 Å². The van der Waals surface area contributed by atoms with Crippen LogP contribution < -0.4 is 5.73 Å². The first-order valence-corrected chi connectivity index (χ1v) is 3.92. The van der Waals surface area contributed by atoms with E-state index in [4.69, 9.17) is 5.73 Å². The van der Waals surface area contributed by atoms with Crippen molar-refractivity contribution < 1.29 is 4.39 Å². The zero-order valence-corrected chi connectivity index (χ0v) is 7.42. The number of aryl methyl sites for hydroxylation is 1. The minimum Gasteiger partial charge on any atom is -0.332 e. The third kappa shape index (κ3) is 2.04. The second kappa shape index (κ2) is 3.23. The van der Waals surface area contributed by atoms with Gasteiger partial charge in [-0.3, -0.25) is 0 Å². The third-order valence-electron chi connectivity index (χ3n) is 1.85. The number of rotatable bonds is 3. The zero-order valence-electron chi connectivity index (χ0n) is 7.42. The minimum atomic E-state index is -1.34. The largest absolute Gasteiger partial charge is 0.332 e. The molecule has 4 heteroatoms. The van der Waals surface area contributed by atoms with Gasteiger partial charge >= 0.3 is 0 Å². The molecule has 3 nitrogen and oxygen atoms in total. The van der Waals surface area contributed by atoms with Crippen LogP contribution in [0.4, 0.5) is 4.39 Å². The van der Waals surface area contributed by atoms with E-state index >= 15 is 0 Å². The van der Waals surface area contributed by atoms with Gasteiger partial charge in [0.2, 0.25) is 0 Å². The second-order valence-corrected chi connectivity index (χ2v) is 3.22. The van der Waals surface area contributed by atoms with E-state index in [1.807, 2.05) is 6.92 Å². The van der Waals surface area contributed by atoms with Crippen molar-refractivity contribution in [2.45, 2.75) is 26.1 Å². The predicted octanol–water partition coefficient (Wildman–Crippen LogP) is 0.878. The summed E-state index contributed by atoms with van der Waals surface area (Å²) >= 11 is 0. The molecule has 0 amide bonds. The van der Waals surface area contributed by atoms with Crippen molar-refractivity contribution in [3.05, 3.63) is 18.2 Å². The Kier molecular flexibility index (Phi) is 2.47. The molecule has 12 heavy (non-hydrogen) atoms. The summed E-state index contributed by atoms with van der Waals surface area (Å²) in [5.74, 6) is 0.812. The molecule has 1 unspecified atom stereocenters. The summed E-state index contributed by atoms with van der Waals surface area (Å²) in [7, 11) is 0. The lowest BCUT2D eigenvalue weighted by Crippen LogP contribution is -2.34. The summed E-state index contributed by atoms with van der Waals surface area (Å²) in [6, 6.07) is 0. The fourth-order valence-electron chi connectivity index (χ4n) is 0.991. The van der Waals surface area contributed by atoms with Gasteiger partial charge in [0.1, 0.15) is 11.5 Å². The number of aromatic nitrogens is 2. The fraction of sp³-hybridized carbons (Fsp3) is 0.625. The van der Waals surface area contributed by atoms with E-state index in [1.165, 1.54) is 6.92 Å². The number of hydrogen-bond acceptors (Lipinski definition) is 2. The van der Waals surface area contributed by atoms with Crippen LogP contribution in [0.2, 0.25) is 0 Å². The van der Waals surface area contributed by atoms with Crippen LogP contribution in [0.1, 0.15) is 12.7 Å². The normalized spacial score (nSPS) is 16.0. The van der Waals surface area contributed by atoms with E-state index in [-0.39, 0.29) is 13.1 Å². The minimum absolute atomic E-state index is 0.0324. The molecular weight excluding hydrogens is 157 g/mol. The Morgan fingerprint density at radius 1 is 1.75 bits per heavy atom. The van der Waals surface area contributed by atoms with Gasteiger partial charge in [0.15, 0.2) is 0 Å². The van der Waals surface area contributed by atoms with Crippen LogP contribution in [0, 0.1) is 6.92 Å². The second-order valence-electron chi connectivity index (χ2n) is 3.22. The molecule has 0 aromatic carbocycles. The SMILES string of the molecule is Cc1nccn1CC(C)(F)CN. The van der Waals surface area contributed by atoms with Crippen molar-refractivity contribution in [1.82, 2.24) is 9.55 Å². The quantitative estimate of drug-likeness (QED) is 0.733. The van der Waals surface area contributed by atoms with E-state index in [0.29, 0.717) is 0 Å². The number of alkyl halides is 1. The summed E-state index contributed by atoms with van der Waals surface area (Å²) in [5.41, 5.74) is 3.92. The predicted molar refractivity (Wildman–Crippen MR) is 45.5 cm³/mol. The van der Waals surface area contributed by atoms with Gasteiger partial charge in [0.25, 0.3) is 0 Å². The Morgan fingerprint density at radius 3 is 2.83 bits per heavy atom. The van der Waals surface area contributed by atoms with Gasteiger partial charge in [0, 0.05) is 18.9 Å². The van der Waals surface area contributed by atoms with E-state index in [9.17, 15) is 4.39 Å². The van der Waals surface area contributed by atoms with Crippen LogP contribution in [0.3, 0.4) is 0 Å². The number of hydrogen-bond donors (Lipinski definition) is 1. The van der Waals surface area contributed by atoms with Gasteiger partial charge in [-0.15, -0.1) is 0 Å². The number of imidazole rings is 1. The monoisotopic (exact) mass is 171 g/mol. The number of nitrogens with zero attached hydrogens (tertiary/aromatic N) is 2. The molecule has 1 heterocycles. The zero-order chi connectivity index (χ0) is 9.19. The molecular formula is C8H14FN3. The maximum Gasteiger partial charge on any atom is 0.138 e. The molecule has 1 rings (SSSR count). The van der Waals surface area contributed by atoms with E-state index in [2.05, 4.69) is 4.98 Å². The molecule has 0 bridgehead atoms. The first kappa shape index (κ1) is 9.19. The number of nitrogens with two attached hydrogens (primary N) is 1. The summed E-state index contributed by atoms with van der Waals surface area (Å²) in [5, 5.41) is 0. The van der Waals surface area contributed by atoms with Gasteiger partial charge < -0.3 is 10.3 Å². The van der Waals surface area contributed by atoms with Gasteiger partial charge in [-0.25, -0.2) is 9.37 Å². The fourth-order valence-corrected chi connectivity index (χ4v) is 0.991. The average Bonchev–Trinajstić information content (AvgIpc) is 2.36. The van der Waals surface area contributed by atoms with Crippen molar-refractivity contribution >= 4 is 0 Å². The van der Waals surface area contributed by atoms with Crippen molar-refractivity contribution in [2.75, 3.05) is 6.54 Å². The van der Waals surface area contributed by atoms with Gasteiger partial charge in [-0.05, 0) is 13.8 Å². The Morgan fingerprint density at radius 2 is 2.42 bits per heavy atom. The molecule has 0 aliphatic heterocycles. The lowest BCUT2D eigenvalue weighted by molar-refractivity contribution is 0.170. The molecule has 0 radical (unpaired) electrons. The highest BCUT2D eigenvalue weighted by atomic mass is 19.1. The lowest BCUT2D eigenvalue weighted by Gasteiger charge is -2.18. The van der Waals surface area contributed by atoms with Crippen molar-refractivity contribution in [1.29, 1.82) is 0 Å². The summed E-state index contributed by atoms with van der Waals surface area (Å²) in [6.45, 7) is 3.64. The molecule has 1 aromatic heterocycles. The van der Waals surface area contributed by atoms with Crippen molar-refractivity contribution in [3.63, 3.8) is 0 Å². The number of halogens is 1. The highest BCUT2D eigenvalue weighted by Crippen LogP contribution is 2.12. The van der Waals surface area contributed by atoms with Crippen LogP contribution in [0.25, 0.3) is 0 Å². The molecule has 0 aliphatic carbocycles. The Bertz CT molecular complexity index is 255. The third-order valence-corrected chi connectivity index (χ3v) is 1.85. The average molecular weight is 171 g/mol.